The van der Waals surface area contributed by atoms with Crippen molar-refractivity contribution in [3.05, 3.63) is 61.0 Å². The van der Waals surface area contributed by atoms with Crippen LogP contribution in [0.15, 0.2) is 28.9 Å². The Hall–Kier alpha value is -4.02. The van der Waals surface area contributed by atoms with Crippen molar-refractivity contribution in [2.45, 2.75) is 13.8 Å². The number of fused-ring (bicyclic) bond motifs is 2. The summed E-state index contributed by atoms with van der Waals surface area (Å²) < 4.78 is 4.53. The van der Waals surface area contributed by atoms with Gasteiger partial charge in [0.15, 0.2) is 0 Å². The van der Waals surface area contributed by atoms with E-state index in [1.54, 1.807) is 6.92 Å². The van der Waals surface area contributed by atoms with Crippen LogP contribution in [0.2, 0.25) is 0 Å². The number of hydrogen-bond donors (Lipinski definition) is 1. The van der Waals surface area contributed by atoms with Gasteiger partial charge in [0.1, 0.15) is 5.56 Å². The van der Waals surface area contributed by atoms with Gasteiger partial charge in [0.2, 0.25) is 5.52 Å². The van der Waals surface area contributed by atoms with E-state index in [4.69, 9.17) is 0 Å². The van der Waals surface area contributed by atoms with Gasteiger partial charge in [-0.25, -0.2) is 0 Å². The van der Waals surface area contributed by atoms with E-state index < -0.39 is 21.2 Å². The Morgan fingerprint density at radius 1 is 1.07 bits per heavy atom. The molecule has 4 rings (SSSR count). The van der Waals surface area contributed by atoms with E-state index in [1.807, 2.05) is 25.1 Å². The molecule has 0 fully saturated rings. The first-order valence-electron chi connectivity index (χ1n) is 7.74. The number of non-ortho nitro benzene ring substituents is 1. The number of aryl methyl sites for hydroxylation is 2. The molecule has 2 aromatic heterocycles. The first kappa shape index (κ1) is 16.4. The lowest BCUT2D eigenvalue weighted by molar-refractivity contribution is -0.782. The molecule has 0 saturated heterocycles. The highest BCUT2D eigenvalue weighted by Crippen LogP contribution is 2.43. The van der Waals surface area contributed by atoms with Crippen LogP contribution in [0.4, 0.5) is 11.4 Å². The average molecular weight is 369 g/mol. The summed E-state index contributed by atoms with van der Waals surface area (Å²) in [6, 6.07) is 6.30. The zero-order chi connectivity index (χ0) is 19.5. The van der Waals surface area contributed by atoms with Gasteiger partial charge in [0, 0.05) is 22.2 Å². The second-order valence-corrected chi connectivity index (χ2v) is 6.11. The van der Waals surface area contributed by atoms with Crippen LogP contribution < -0.4 is 4.90 Å². The SMILES string of the molecule is Cc1ccc2[nH]c(C)c(-c3c([N+](=O)[O-])cc([N+](=O)[O-])c4no[n+]([O-])c34)c2c1. The lowest BCUT2D eigenvalue weighted by atomic mass is 9.97. The third kappa shape index (κ3) is 2.28. The molecule has 1 N–H and O–H groups in total. The summed E-state index contributed by atoms with van der Waals surface area (Å²) in [5.74, 6) is 0. The van der Waals surface area contributed by atoms with Crippen molar-refractivity contribution in [1.29, 1.82) is 0 Å². The second kappa shape index (κ2) is 5.49. The normalized spacial score (nSPS) is 11.3. The summed E-state index contributed by atoms with van der Waals surface area (Å²) in [6.45, 7) is 3.56. The van der Waals surface area contributed by atoms with Gasteiger partial charge in [-0.3, -0.25) is 24.9 Å². The second-order valence-electron chi connectivity index (χ2n) is 6.11. The Labute approximate surface area is 149 Å². The molecule has 2 heterocycles. The van der Waals surface area contributed by atoms with Crippen LogP contribution in [0.3, 0.4) is 0 Å². The van der Waals surface area contributed by atoms with Crippen molar-refractivity contribution in [3.63, 3.8) is 0 Å². The largest absolute Gasteiger partial charge is 0.359 e. The number of benzene rings is 2. The lowest BCUT2D eigenvalue weighted by Gasteiger charge is -2.05. The summed E-state index contributed by atoms with van der Waals surface area (Å²) in [7, 11) is 0. The van der Waals surface area contributed by atoms with Crippen molar-refractivity contribution in [1.82, 2.24) is 10.1 Å². The van der Waals surface area contributed by atoms with E-state index in [2.05, 4.69) is 14.8 Å². The molecule has 11 nitrogen and oxygen atoms in total. The summed E-state index contributed by atoms with van der Waals surface area (Å²) in [5.41, 5.74) is 0.541. The van der Waals surface area contributed by atoms with Gasteiger partial charge >= 0.3 is 11.2 Å². The van der Waals surface area contributed by atoms with Gasteiger partial charge in [0.25, 0.3) is 5.69 Å². The molecular formula is C16H11N5O6. The molecule has 0 aliphatic carbocycles. The van der Waals surface area contributed by atoms with Crippen LogP contribution in [-0.4, -0.2) is 20.0 Å². The minimum Gasteiger partial charge on any atom is -0.359 e. The maximum Gasteiger partial charge on any atom is 0.333 e. The Balaban J connectivity index is 2.25. The predicted molar refractivity (Wildman–Crippen MR) is 93.0 cm³/mol. The quantitative estimate of drug-likeness (QED) is 0.330. The van der Waals surface area contributed by atoms with Crippen molar-refractivity contribution >= 4 is 33.3 Å². The first-order valence-corrected chi connectivity index (χ1v) is 7.74. The maximum atomic E-state index is 12.2. The van der Waals surface area contributed by atoms with Gasteiger partial charge in [-0.2, -0.15) is 0 Å². The molecule has 0 unspecified atom stereocenters. The fraction of sp³-hybridized carbons (Fsp3) is 0.125. The molecule has 2 aromatic carbocycles. The number of nitro benzene ring substituents is 2. The molecule has 0 aliphatic rings. The van der Waals surface area contributed by atoms with Crippen molar-refractivity contribution in [2.75, 3.05) is 0 Å². The van der Waals surface area contributed by atoms with Crippen LogP contribution in [0.5, 0.6) is 0 Å². The Morgan fingerprint density at radius 2 is 1.78 bits per heavy atom. The third-order valence-electron chi connectivity index (χ3n) is 4.41. The smallest absolute Gasteiger partial charge is 0.333 e. The van der Waals surface area contributed by atoms with Gasteiger partial charge in [-0.1, -0.05) is 11.6 Å². The van der Waals surface area contributed by atoms with Gasteiger partial charge in [-0.15, -0.1) is 0 Å². The van der Waals surface area contributed by atoms with Gasteiger partial charge < -0.3 is 10.2 Å². The first-order chi connectivity index (χ1) is 12.8. The molecule has 0 aliphatic heterocycles. The van der Waals surface area contributed by atoms with Crippen LogP contribution in [0, 0.1) is 39.3 Å². The summed E-state index contributed by atoms with van der Waals surface area (Å²) >= 11 is 0. The van der Waals surface area contributed by atoms with E-state index in [-0.39, 0.29) is 21.5 Å². The van der Waals surface area contributed by atoms with Crippen molar-refractivity contribution in [2.24, 2.45) is 0 Å². The fourth-order valence-corrected chi connectivity index (χ4v) is 3.31. The number of H-pyrrole nitrogens is 1. The Kier molecular flexibility index (Phi) is 3.34. The molecule has 0 atom stereocenters. The standard InChI is InChI=1S/C16H11N5O6/c1-7-3-4-10-9(5-7)13(8(2)17-10)14-11(19(22)23)6-12(20(24)25)15-16(14)21(26)27-18-15/h3-6,17H,1-2H3. The number of nitrogens with zero attached hydrogens (tertiary/aromatic N) is 4. The Morgan fingerprint density at radius 3 is 2.44 bits per heavy atom. The predicted octanol–water partition coefficient (Wildman–Crippen LogP) is 3.04. The highest BCUT2D eigenvalue weighted by molar-refractivity contribution is 6.08. The molecule has 0 spiro atoms. The van der Waals surface area contributed by atoms with E-state index >= 15 is 0 Å². The molecule has 11 heteroatoms. The molecule has 27 heavy (non-hydrogen) atoms. The lowest BCUT2D eigenvalue weighted by Crippen LogP contribution is -2.23. The van der Waals surface area contributed by atoms with Crippen LogP contribution in [0.1, 0.15) is 11.3 Å². The number of nitro groups is 2. The number of hydrogen-bond acceptors (Lipinski definition) is 7. The van der Waals surface area contributed by atoms with Gasteiger partial charge in [-0.05, 0) is 30.9 Å². The molecule has 0 saturated carbocycles. The van der Waals surface area contributed by atoms with E-state index in [0.29, 0.717) is 22.2 Å². The van der Waals surface area contributed by atoms with E-state index in [1.165, 1.54) is 0 Å². The van der Waals surface area contributed by atoms with Gasteiger partial charge in [0.05, 0.1) is 21.1 Å². The van der Waals surface area contributed by atoms with Crippen LogP contribution >= 0.6 is 0 Å². The average Bonchev–Trinajstić information content (AvgIpc) is 3.13. The molecule has 0 amide bonds. The maximum absolute atomic E-state index is 12.2. The summed E-state index contributed by atoms with van der Waals surface area (Å²) in [5, 5.41) is 39.3. The summed E-state index contributed by atoms with van der Waals surface area (Å²) in [6.07, 6.45) is 0. The van der Waals surface area contributed by atoms with E-state index in [0.717, 1.165) is 11.6 Å². The molecular weight excluding hydrogens is 358 g/mol. The van der Waals surface area contributed by atoms with Crippen LogP contribution in [-0.2, 0) is 0 Å². The zero-order valence-electron chi connectivity index (χ0n) is 14.0. The van der Waals surface area contributed by atoms with Crippen molar-refractivity contribution < 1.29 is 19.4 Å². The Bertz CT molecular complexity index is 1270. The summed E-state index contributed by atoms with van der Waals surface area (Å²) in [4.78, 5) is 24.5. The fourth-order valence-electron chi connectivity index (χ4n) is 3.31. The molecule has 0 bridgehead atoms. The number of nitrogens with one attached hydrogen (secondary N) is 1. The number of rotatable bonds is 3. The number of aromatic nitrogens is 3. The van der Waals surface area contributed by atoms with Crippen molar-refractivity contribution in [3.8, 4) is 11.1 Å². The van der Waals surface area contributed by atoms with E-state index in [9.17, 15) is 25.4 Å². The highest BCUT2D eigenvalue weighted by Gasteiger charge is 2.36. The molecule has 136 valence electrons. The highest BCUT2D eigenvalue weighted by atomic mass is 16.8. The molecule has 4 aromatic rings. The van der Waals surface area contributed by atoms with Crippen LogP contribution in [0.25, 0.3) is 33.1 Å². The third-order valence-corrected chi connectivity index (χ3v) is 4.41. The minimum absolute atomic E-state index is 0.0429. The molecule has 0 radical (unpaired) electrons. The topological polar surface area (TPSA) is 155 Å². The number of aromatic amines is 1. The zero-order valence-corrected chi connectivity index (χ0v) is 14.0. The monoisotopic (exact) mass is 369 g/mol. The minimum atomic E-state index is -0.839.